The van der Waals surface area contributed by atoms with Crippen molar-refractivity contribution in [3.05, 3.63) is 64.5 Å². The molecule has 0 saturated carbocycles. The molecule has 1 aliphatic rings. The van der Waals surface area contributed by atoms with Crippen LogP contribution in [0, 0.1) is 20.8 Å². The number of aryl methyl sites for hydroxylation is 3. The molecule has 3 rings (SSSR count). The van der Waals surface area contributed by atoms with E-state index < -0.39 is 0 Å². The number of halogens is 1. The van der Waals surface area contributed by atoms with Gasteiger partial charge >= 0.3 is 0 Å². The Morgan fingerprint density at radius 3 is 2.79 bits per heavy atom. The molecule has 0 spiro atoms. The number of aromatic nitrogens is 1. The number of guanidine groups is 1. The molecule has 158 valence electrons. The summed E-state index contributed by atoms with van der Waals surface area (Å²) in [4.78, 5) is 11.4. The zero-order chi connectivity index (χ0) is 19.9. The highest BCUT2D eigenvalue weighted by Crippen LogP contribution is 2.26. The standard InChI is InChI=1S/C23H32N4O.HI/c1-5-25-23(26-11-9-20-8-10-24-15-19(20)4)27-12-13-28-22(16-27)21-7-6-17(2)14-18(21)3;/h6-8,10,14-15,22H,5,9,11-13,16H2,1-4H3,(H,25,26);1H. The fourth-order valence-corrected chi connectivity index (χ4v) is 3.71. The third kappa shape index (κ3) is 6.40. The Morgan fingerprint density at radius 1 is 1.24 bits per heavy atom. The minimum atomic E-state index is 0. The first-order chi connectivity index (χ1) is 13.6. The van der Waals surface area contributed by atoms with Crippen LogP contribution in [-0.4, -0.2) is 48.6 Å². The molecular formula is C23H33IN4O. The minimum Gasteiger partial charge on any atom is -0.370 e. The lowest BCUT2D eigenvalue weighted by molar-refractivity contribution is -0.00832. The van der Waals surface area contributed by atoms with E-state index in [1.807, 2.05) is 12.4 Å². The number of hydrogen-bond acceptors (Lipinski definition) is 3. The summed E-state index contributed by atoms with van der Waals surface area (Å²) in [6, 6.07) is 8.69. The van der Waals surface area contributed by atoms with Crippen molar-refractivity contribution in [1.82, 2.24) is 15.2 Å². The average Bonchev–Trinajstić information content (AvgIpc) is 2.69. The van der Waals surface area contributed by atoms with Crippen molar-refractivity contribution in [3.8, 4) is 0 Å². The first kappa shape index (κ1) is 23.6. The number of rotatable bonds is 5. The van der Waals surface area contributed by atoms with Crippen molar-refractivity contribution in [1.29, 1.82) is 0 Å². The van der Waals surface area contributed by atoms with Crippen molar-refractivity contribution < 1.29 is 4.74 Å². The summed E-state index contributed by atoms with van der Waals surface area (Å²) < 4.78 is 6.10. The third-order valence-corrected chi connectivity index (χ3v) is 5.25. The van der Waals surface area contributed by atoms with E-state index in [1.54, 1.807) is 0 Å². The molecule has 1 fully saturated rings. The first-order valence-corrected chi connectivity index (χ1v) is 10.2. The predicted molar refractivity (Wildman–Crippen MR) is 130 cm³/mol. The van der Waals surface area contributed by atoms with E-state index in [2.05, 4.69) is 67.2 Å². The average molecular weight is 508 g/mol. The number of pyridine rings is 1. The molecule has 0 amide bonds. The molecule has 1 aromatic heterocycles. The smallest absolute Gasteiger partial charge is 0.194 e. The molecule has 0 radical (unpaired) electrons. The number of aliphatic imine (C=N–C) groups is 1. The number of hydrogen-bond donors (Lipinski definition) is 1. The molecule has 29 heavy (non-hydrogen) atoms. The fourth-order valence-electron chi connectivity index (χ4n) is 3.71. The van der Waals surface area contributed by atoms with Crippen molar-refractivity contribution in [2.45, 2.75) is 40.2 Å². The Hall–Kier alpha value is -1.67. The molecule has 0 aliphatic carbocycles. The number of nitrogens with zero attached hydrogens (tertiary/aromatic N) is 3. The fraction of sp³-hybridized carbons (Fsp3) is 0.478. The minimum absolute atomic E-state index is 0. The Balaban J connectivity index is 0.00000300. The van der Waals surface area contributed by atoms with Crippen molar-refractivity contribution in [2.24, 2.45) is 4.99 Å². The number of ether oxygens (including phenoxy) is 1. The topological polar surface area (TPSA) is 49.8 Å². The van der Waals surface area contributed by atoms with Crippen LogP contribution in [0.5, 0.6) is 0 Å². The van der Waals surface area contributed by atoms with Gasteiger partial charge in [0.2, 0.25) is 0 Å². The summed E-state index contributed by atoms with van der Waals surface area (Å²) in [5, 5.41) is 3.46. The Labute approximate surface area is 192 Å². The molecule has 1 saturated heterocycles. The summed E-state index contributed by atoms with van der Waals surface area (Å²) in [5.74, 6) is 0.979. The Bertz CT molecular complexity index is 824. The van der Waals surface area contributed by atoms with Gasteiger partial charge in [-0.2, -0.15) is 0 Å². The van der Waals surface area contributed by atoms with E-state index in [0.29, 0.717) is 6.61 Å². The Morgan fingerprint density at radius 2 is 2.07 bits per heavy atom. The van der Waals surface area contributed by atoms with E-state index >= 15 is 0 Å². The van der Waals surface area contributed by atoms with E-state index in [0.717, 1.165) is 38.6 Å². The molecular weight excluding hydrogens is 475 g/mol. The summed E-state index contributed by atoms with van der Waals surface area (Å²) in [7, 11) is 0. The zero-order valence-corrected chi connectivity index (χ0v) is 20.3. The van der Waals surface area contributed by atoms with Crippen LogP contribution in [0.1, 0.15) is 40.8 Å². The lowest BCUT2D eigenvalue weighted by atomic mass is 10.00. The van der Waals surface area contributed by atoms with E-state index in [1.165, 1.54) is 27.8 Å². The quantitative estimate of drug-likeness (QED) is 0.374. The van der Waals surface area contributed by atoms with Crippen LogP contribution in [0.4, 0.5) is 0 Å². The maximum Gasteiger partial charge on any atom is 0.194 e. The van der Waals surface area contributed by atoms with Crippen molar-refractivity contribution in [2.75, 3.05) is 32.8 Å². The van der Waals surface area contributed by atoms with Crippen LogP contribution in [0.3, 0.4) is 0 Å². The van der Waals surface area contributed by atoms with Crippen molar-refractivity contribution in [3.63, 3.8) is 0 Å². The van der Waals surface area contributed by atoms with Crippen LogP contribution >= 0.6 is 24.0 Å². The zero-order valence-electron chi connectivity index (χ0n) is 17.9. The molecule has 1 atom stereocenters. The molecule has 0 bridgehead atoms. The molecule has 1 aliphatic heterocycles. The van der Waals surface area contributed by atoms with Crippen LogP contribution in [0.2, 0.25) is 0 Å². The van der Waals surface area contributed by atoms with E-state index in [9.17, 15) is 0 Å². The second-order valence-electron chi connectivity index (χ2n) is 7.45. The molecule has 5 nitrogen and oxygen atoms in total. The van der Waals surface area contributed by atoms with E-state index in [-0.39, 0.29) is 30.1 Å². The maximum atomic E-state index is 6.10. The highest BCUT2D eigenvalue weighted by molar-refractivity contribution is 14.0. The van der Waals surface area contributed by atoms with Crippen LogP contribution in [-0.2, 0) is 11.2 Å². The third-order valence-electron chi connectivity index (χ3n) is 5.25. The maximum absolute atomic E-state index is 6.10. The second kappa shape index (κ2) is 11.5. The van der Waals surface area contributed by atoms with Gasteiger partial charge in [-0.3, -0.25) is 9.98 Å². The van der Waals surface area contributed by atoms with Gasteiger partial charge in [0.15, 0.2) is 5.96 Å². The van der Waals surface area contributed by atoms with Crippen molar-refractivity contribution >= 4 is 29.9 Å². The van der Waals surface area contributed by atoms with E-state index in [4.69, 9.17) is 9.73 Å². The van der Waals surface area contributed by atoms with Crippen LogP contribution in [0.25, 0.3) is 0 Å². The second-order valence-corrected chi connectivity index (χ2v) is 7.45. The van der Waals surface area contributed by atoms with Gasteiger partial charge in [0.05, 0.1) is 13.2 Å². The van der Waals surface area contributed by atoms with Gasteiger partial charge in [-0.05, 0) is 62.4 Å². The van der Waals surface area contributed by atoms with Crippen LogP contribution < -0.4 is 5.32 Å². The number of benzene rings is 1. The monoisotopic (exact) mass is 508 g/mol. The van der Waals surface area contributed by atoms with Gasteiger partial charge in [0.25, 0.3) is 0 Å². The van der Waals surface area contributed by atoms with Gasteiger partial charge < -0.3 is 15.0 Å². The summed E-state index contributed by atoms with van der Waals surface area (Å²) >= 11 is 0. The van der Waals surface area contributed by atoms with Gasteiger partial charge in [-0.15, -0.1) is 24.0 Å². The number of morpholine rings is 1. The molecule has 1 unspecified atom stereocenters. The van der Waals surface area contributed by atoms with Gasteiger partial charge in [0.1, 0.15) is 6.10 Å². The Kier molecular flexibility index (Phi) is 9.36. The molecule has 6 heteroatoms. The highest BCUT2D eigenvalue weighted by atomic mass is 127. The largest absolute Gasteiger partial charge is 0.370 e. The molecule has 2 heterocycles. The SMILES string of the molecule is CCNC(=NCCc1ccncc1C)N1CCOC(c2ccc(C)cc2C)C1.I. The summed E-state index contributed by atoms with van der Waals surface area (Å²) in [6.45, 7) is 12.5. The van der Waals surface area contributed by atoms with Gasteiger partial charge in [0, 0.05) is 32.0 Å². The molecule has 1 N–H and O–H groups in total. The van der Waals surface area contributed by atoms with Gasteiger partial charge in [-0.1, -0.05) is 23.8 Å². The summed E-state index contributed by atoms with van der Waals surface area (Å²) in [5.41, 5.74) is 6.39. The molecule has 1 aromatic carbocycles. The lowest BCUT2D eigenvalue weighted by Gasteiger charge is -2.36. The number of nitrogens with one attached hydrogen (secondary N) is 1. The highest BCUT2D eigenvalue weighted by Gasteiger charge is 2.25. The van der Waals surface area contributed by atoms with Crippen LogP contribution in [0.15, 0.2) is 41.7 Å². The molecule has 2 aromatic rings. The first-order valence-electron chi connectivity index (χ1n) is 10.2. The normalized spacial score (nSPS) is 17.0. The predicted octanol–water partition coefficient (Wildman–Crippen LogP) is 4.21. The lowest BCUT2D eigenvalue weighted by Crippen LogP contribution is -2.48. The summed E-state index contributed by atoms with van der Waals surface area (Å²) in [6.07, 6.45) is 4.78. The van der Waals surface area contributed by atoms with Gasteiger partial charge in [-0.25, -0.2) is 0 Å².